The summed E-state index contributed by atoms with van der Waals surface area (Å²) in [7, 11) is -1.38. The summed E-state index contributed by atoms with van der Waals surface area (Å²) in [5.41, 5.74) is -0.537. The first-order chi connectivity index (χ1) is 18.3. The maximum Gasteiger partial charge on any atom is 0.415 e. The number of hydrogen-bond donors (Lipinski definition) is 2. The summed E-state index contributed by atoms with van der Waals surface area (Å²) in [6, 6.07) is 8.03. The highest BCUT2D eigenvalue weighted by Crippen LogP contribution is 2.66. The minimum absolute atomic E-state index is 0.0820. The average molecular weight is 596 g/mol. The highest BCUT2D eigenvalue weighted by atomic mass is 35.5. The third-order valence-corrected chi connectivity index (χ3v) is 10.5. The van der Waals surface area contributed by atoms with Crippen LogP contribution < -0.4 is 0 Å². The summed E-state index contributed by atoms with van der Waals surface area (Å²) in [5, 5.41) is 20.7. The number of hydrogen-bond acceptors (Lipinski definition) is 6. The molecule has 0 unspecified atom stereocenters. The molecular weight excluding hydrogens is 564 g/mol. The quantitative estimate of drug-likeness (QED) is 0.190. The van der Waals surface area contributed by atoms with E-state index in [1.54, 1.807) is 6.92 Å². The van der Waals surface area contributed by atoms with Gasteiger partial charge in [0.1, 0.15) is 18.4 Å². The number of amides is 1. The molecule has 2 heterocycles. The van der Waals surface area contributed by atoms with Gasteiger partial charge in [0.25, 0.3) is 0 Å². The van der Waals surface area contributed by atoms with Gasteiger partial charge in [0.15, 0.2) is 5.17 Å². The summed E-state index contributed by atoms with van der Waals surface area (Å²) in [6.45, 7) is 8.30. The number of fused-ring (bicyclic) bond motifs is 1. The highest BCUT2D eigenvalue weighted by Gasteiger charge is 2.67. The third kappa shape index (κ3) is 6.54. The molecule has 1 saturated carbocycles. The zero-order chi connectivity index (χ0) is 28.6. The molecule has 39 heavy (non-hydrogen) atoms. The van der Waals surface area contributed by atoms with E-state index in [9.17, 15) is 19.4 Å². The first kappa shape index (κ1) is 29.7. The van der Waals surface area contributed by atoms with Crippen LogP contribution in [0.15, 0.2) is 41.5 Å². The fourth-order valence-electron chi connectivity index (χ4n) is 4.65. The van der Waals surface area contributed by atoms with Crippen molar-refractivity contribution in [2.45, 2.75) is 49.3 Å². The fourth-order valence-corrected chi connectivity index (χ4v) is 7.04. The second kappa shape index (κ2) is 11.3. The first-order valence-corrected chi connectivity index (χ1v) is 17.5. The first-order valence-electron chi connectivity index (χ1n) is 12.5. The molecule has 0 saturated heterocycles. The zero-order valence-electron chi connectivity index (χ0n) is 22.2. The molecule has 4 rings (SSSR count). The normalized spacial score (nSPS) is 24.7. The molecule has 0 spiro atoms. The Labute approximate surface area is 237 Å². The van der Waals surface area contributed by atoms with Crippen LogP contribution in [0.25, 0.3) is 11.9 Å². The van der Waals surface area contributed by atoms with Crippen molar-refractivity contribution in [2.24, 2.45) is 10.9 Å². The number of aliphatic hydroxyl groups excluding tert-OH is 1. The number of aliphatic hydroxyl groups is 1. The second-order valence-corrected chi connectivity index (χ2v) is 18.7. The van der Waals surface area contributed by atoms with E-state index in [1.807, 2.05) is 0 Å². The molecule has 12 heteroatoms. The van der Waals surface area contributed by atoms with Crippen LogP contribution in [0.5, 0.6) is 0 Å². The van der Waals surface area contributed by atoms with Crippen molar-refractivity contribution in [3.05, 3.63) is 64.2 Å². The molecule has 210 valence electrons. The lowest BCUT2D eigenvalue weighted by Crippen LogP contribution is -2.44. The van der Waals surface area contributed by atoms with Crippen LogP contribution in [0.4, 0.5) is 13.6 Å². The van der Waals surface area contributed by atoms with Crippen LogP contribution in [0.1, 0.15) is 30.2 Å². The van der Waals surface area contributed by atoms with Crippen LogP contribution in [0.3, 0.4) is 0 Å². The highest BCUT2D eigenvalue weighted by molar-refractivity contribution is 8.15. The molecule has 3 atom stereocenters. The van der Waals surface area contributed by atoms with Gasteiger partial charge in [-0.05, 0) is 55.3 Å². The largest absolute Gasteiger partial charge is 0.465 e. The van der Waals surface area contributed by atoms with E-state index in [-0.39, 0.29) is 35.7 Å². The van der Waals surface area contributed by atoms with E-state index in [2.05, 4.69) is 24.6 Å². The van der Waals surface area contributed by atoms with Crippen molar-refractivity contribution in [3.8, 4) is 0 Å². The Morgan fingerprint density at radius 3 is 2.69 bits per heavy atom. The SMILES string of the molecule is C[C@]1(c2cc(/C=C(\F)c3ccc(Cl)cn3)ccc2F)N=C(N(COCC[Si](C)(C)C)C(=O)O)S[C@@]2(CO)C[C@H]21. The van der Waals surface area contributed by atoms with Gasteiger partial charge in [-0.25, -0.2) is 18.5 Å². The number of halogens is 3. The van der Waals surface area contributed by atoms with E-state index < -0.39 is 36.1 Å². The number of ether oxygens (including phenoxy) is 1. The monoisotopic (exact) mass is 595 g/mol. The van der Waals surface area contributed by atoms with Crippen molar-refractivity contribution in [1.82, 2.24) is 9.88 Å². The van der Waals surface area contributed by atoms with Crippen molar-refractivity contribution < 1.29 is 28.5 Å². The number of aliphatic imine (C=N–C) groups is 1. The smallest absolute Gasteiger partial charge is 0.415 e. The Hall–Kier alpha value is -2.31. The number of carbonyl (C=O) groups is 1. The maximum atomic E-state index is 15.3. The lowest BCUT2D eigenvalue weighted by molar-refractivity contribution is 0.0701. The van der Waals surface area contributed by atoms with Gasteiger partial charge in [0, 0.05) is 32.4 Å². The molecule has 1 aliphatic heterocycles. The third-order valence-electron chi connectivity index (χ3n) is 7.07. The molecule has 2 N–H and O–H groups in total. The van der Waals surface area contributed by atoms with Gasteiger partial charge in [-0.2, -0.15) is 0 Å². The van der Waals surface area contributed by atoms with Crippen LogP contribution in [-0.4, -0.2) is 64.1 Å². The van der Waals surface area contributed by atoms with Gasteiger partial charge in [0.2, 0.25) is 0 Å². The molecular formula is C27H32ClF2N3O4SSi. The number of benzene rings is 1. The van der Waals surface area contributed by atoms with Crippen molar-refractivity contribution in [1.29, 1.82) is 0 Å². The van der Waals surface area contributed by atoms with Crippen LogP contribution in [-0.2, 0) is 10.3 Å². The number of nitrogens with zero attached hydrogens (tertiary/aromatic N) is 3. The minimum Gasteiger partial charge on any atom is -0.465 e. The van der Waals surface area contributed by atoms with E-state index in [1.165, 1.54) is 54.4 Å². The Morgan fingerprint density at radius 2 is 2.08 bits per heavy atom. The average Bonchev–Trinajstić information content (AvgIpc) is 3.61. The van der Waals surface area contributed by atoms with Gasteiger partial charge in [0.05, 0.1) is 27.6 Å². The Morgan fingerprint density at radius 1 is 1.33 bits per heavy atom. The van der Waals surface area contributed by atoms with Gasteiger partial charge < -0.3 is 14.9 Å². The number of thioether (sulfide) groups is 1. The number of rotatable bonds is 9. The lowest BCUT2D eigenvalue weighted by atomic mass is 9.85. The maximum absolute atomic E-state index is 15.3. The summed E-state index contributed by atoms with van der Waals surface area (Å²) < 4.78 is 35.3. The van der Waals surface area contributed by atoms with E-state index in [0.29, 0.717) is 23.6 Å². The Bertz CT molecular complexity index is 1310. The molecule has 1 fully saturated rings. The second-order valence-electron chi connectivity index (χ2n) is 11.3. The van der Waals surface area contributed by atoms with E-state index in [4.69, 9.17) is 21.3 Å². The molecule has 0 bridgehead atoms. The predicted octanol–water partition coefficient (Wildman–Crippen LogP) is 6.70. The molecule has 0 radical (unpaired) electrons. The standard InChI is InChI=1S/C27H32ClF2N3O4SSi/c1-26(19-11-17(5-7-20(19)29)12-21(30)22-8-6-18(28)14-31-22)23-13-27(23,15-34)38-24(32-26)33(25(35)36)16-37-9-10-39(2,3)4/h5-8,11-12,14,23,34H,9-10,13,15-16H2,1-4H3,(H,35,36)/b21-12-/t23-,26+,27+/m0/s1. The van der Waals surface area contributed by atoms with Crippen LogP contribution >= 0.6 is 23.4 Å². The van der Waals surface area contributed by atoms with Crippen molar-refractivity contribution in [2.75, 3.05) is 19.9 Å². The fraction of sp³-hybridized carbons (Fsp3) is 0.444. The summed E-state index contributed by atoms with van der Waals surface area (Å²) in [6.07, 6.45) is 1.84. The number of amidine groups is 1. The molecule has 2 aliphatic rings. The number of carboxylic acid groups (broad SMARTS) is 1. The molecule has 2 aromatic rings. The molecule has 7 nitrogen and oxygen atoms in total. The molecule has 1 amide bonds. The number of aromatic nitrogens is 1. The predicted molar refractivity (Wildman–Crippen MR) is 154 cm³/mol. The lowest BCUT2D eigenvalue weighted by Gasteiger charge is -2.37. The van der Waals surface area contributed by atoms with Crippen LogP contribution in [0.2, 0.25) is 30.7 Å². The molecule has 1 aromatic carbocycles. The van der Waals surface area contributed by atoms with Gasteiger partial charge in [-0.3, -0.25) is 9.98 Å². The molecule has 1 aliphatic carbocycles. The van der Waals surface area contributed by atoms with Crippen molar-refractivity contribution >= 4 is 54.6 Å². The topological polar surface area (TPSA) is 95.2 Å². The summed E-state index contributed by atoms with van der Waals surface area (Å²) >= 11 is 7.02. The summed E-state index contributed by atoms with van der Waals surface area (Å²) in [5.74, 6) is -1.42. The zero-order valence-corrected chi connectivity index (χ0v) is 24.8. The Balaban J connectivity index is 1.68. The minimum atomic E-state index is -1.38. The Kier molecular flexibility index (Phi) is 8.58. The van der Waals surface area contributed by atoms with Gasteiger partial charge >= 0.3 is 6.09 Å². The molecule has 1 aromatic heterocycles. The van der Waals surface area contributed by atoms with E-state index >= 15 is 4.39 Å². The van der Waals surface area contributed by atoms with Crippen LogP contribution in [0, 0.1) is 11.7 Å². The number of pyridine rings is 1. The van der Waals surface area contributed by atoms with Crippen molar-refractivity contribution in [3.63, 3.8) is 0 Å². The summed E-state index contributed by atoms with van der Waals surface area (Å²) in [4.78, 5) is 21.9. The van der Waals surface area contributed by atoms with Gasteiger partial charge in [-0.15, -0.1) is 0 Å². The van der Waals surface area contributed by atoms with E-state index in [0.717, 1.165) is 10.9 Å². The van der Waals surface area contributed by atoms with Gasteiger partial charge in [-0.1, -0.05) is 49.1 Å².